The molecule has 1 aliphatic heterocycles. The summed E-state index contributed by atoms with van der Waals surface area (Å²) in [5.41, 5.74) is 0.00866. The summed E-state index contributed by atoms with van der Waals surface area (Å²) in [5, 5.41) is 0. The number of hydrogen-bond donors (Lipinski definition) is 0. The molecule has 84 valence electrons. The van der Waals surface area contributed by atoms with Crippen LogP contribution in [0.15, 0.2) is 30.9 Å². The Hall–Kier alpha value is -1.71. The van der Waals surface area contributed by atoms with E-state index < -0.39 is 11.6 Å². The molecular weight excluding hydrogens is 212 g/mol. The summed E-state index contributed by atoms with van der Waals surface area (Å²) in [6, 6.07) is 3.10. The fourth-order valence-electron chi connectivity index (χ4n) is 1.82. The van der Waals surface area contributed by atoms with E-state index in [0.717, 1.165) is 18.2 Å². The lowest BCUT2D eigenvalue weighted by atomic mass is 10.1. The molecule has 1 saturated heterocycles. The second-order valence-corrected chi connectivity index (χ2v) is 3.80. The second kappa shape index (κ2) is 4.04. The molecule has 0 N–H and O–H groups in total. The SMILES string of the molecule is C=CC1CC(=O)N(c2cc(F)ccc2F)C1. The third-order valence-electron chi connectivity index (χ3n) is 2.69. The van der Waals surface area contributed by atoms with Crippen LogP contribution in [-0.4, -0.2) is 12.5 Å². The quantitative estimate of drug-likeness (QED) is 0.705. The fourth-order valence-corrected chi connectivity index (χ4v) is 1.82. The molecule has 1 heterocycles. The molecule has 1 aromatic rings. The molecule has 0 saturated carbocycles. The zero-order valence-electron chi connectivity index (χ0n) is 8.62. The van der Waals surface area contributed by atoms with Crippen molar-refractivity contribution in [2.24, 2.45) is 5.92 Å². The van der Waals surface area contributed by atoms with E-state index in [4.69, 9.17) is 0 Å². The second-order valence-electron chi connectivity index (χ2n) is 3.80. The Labute approximate surface area is 92.2 Å². The van der Waals surface area contributed by atoms with Gasteiger partial charge in [0, 0.05) is 24.9 Å². The van der Waals surface area contributed by atoms with Gasteiger partial charge in [0.05, 0.1) is 5.69 Å². The van der Waals surface area contributed by atoms with Crippen LogP contribution >= 0.6 is 0 Å². The third kappa shape index (κ3) is 1.83. The van der Waals surface area contributed by atoms with Crippen molar-refractivity contribution < 1.29 is 13.6 Å². The Morgan fingerprint density at radius 3 is 2.81 bits per heavy atom. The van der Waals surface area contributed by atoms with Crippen LogP contribution < -0.4 is 4.90 Å². The van der Waals surface area contributed by atoms with E-state index in [0.29, 0.717) is 13.0 Å². The Kier molecular flexibility index (Phi) is 2.73. The summed E-state index contributed by atoms with van der Waals surface area (Å²) in [4.78, 5) is 12.9. The molecule has 0 aliphatic carbocycles. The standard InChI is InChI=1S/C12H11F2NO/c1-2-8-5-12(16)15(7-8)11-6-9(13)3-4-10(11)14/h2-4,6,8H,1,5,7H2. The van der Waals surface area contributed by atoms with Crippen molar-refractivity contribution in [2.45, 2.75) is 6.42 Å². The van der Waals surface area contributed by atoms with Gasteiger partial charge in [0.15, 0.2) is 0 Å². The molecule has 1 aliphatic rings. The van der Waals surface area contributed by atoms with Gasteiger partial charge in [-0.15, -0.1) is 6.58 Å². The van der Waals surface area contributed by atoms with Crippen LogP contribution in [0.25, 0.3) is 0 Å². The highest BCUT2D eigenvalue weighted by molar-refractivity contribution is 5.96. The van der Waals surface area contributed by atoms with Crippen LogP contribution in [0.2, 0.25) is 0 Å². The molecule has 1 amide bonds. The summed E-state index contributed by atoms with van der Waals surface area (Å²) >= 11 is 0. The van der Waals surface area contributed by atoms with E-state index in [2.05, 4.69) is 6.58 Å². The minimum atomic E-state index is -0.584. The van der Waals surface area contributed by atoms with Crippen molar-refractivity contribution in [2.75, 3.05) is 11.4 Å². The minimum absolute atomic E-state index is 0.00866. The Morgan fingerprint density at radius 1 is 1.44 bits per heavy atom. The summed E-state index contributed by atoms with van der Waals surface area (Å²) in [6.07, 6.45) is 1.97. The zero-order chi connectivity index (χ0) is 11.7. The molecule has 1 fully saturated rings. The maximum atomic E-state index is 13.4. The molecular formula is C12H11F2NO. The normalized spacial score (nSPS) is 20.2. The number of nitrogens with zero attached hydrogens (tertiary/aromatic N) is 1. The van der Waals surface area contributed by atoms with Crippen molar-refractivity contribution in [1.29, 1.82) is 0 Å². The largest absolute Gasteiger partial charge is 0.309 e. The van der Waals surface area contributed by atoms with Gasteiger partial charge in [0.25, 0.3) is 0 Å². The molecule has 0 spiro atoms. The molecule has 0 aromatic heterocycles. The highest BCUT2D eigenvalue weighted by atomic mass is 19.1. The number of benzene rings is 1. The third-order valence-corrected chi connectivity index (χ3v) is 2.69. The first-order valence-corrected chi connectivity index (χ1v) is 5.00. The van der Waals surface area contributed by atoms with Crippen molar-refractivity contribution in [1.82, 2.24) is 0 Å². The fraction of sp³-hybridized carbons (Fsp3) is 0.250. The van der Waals surface area contributed by atoms with Gasteiger partial charge in [-0.3, -0.25) is 4.79 Å². The van der Waals surface area contributed by atoms with E-state index in [1.807, 2.05) is 0 Å². The average Bonchev–Trinajstić information content (AvgIpc) is 2.63. The minimum Gasteiger partial charge on any atom is -0.309 e. The maximum Gasteiger partial charge on any atom is 0.227 e. The van der Waals surface area contributed by atoms with Crippen LogP contribution in [0.3, 0.4) is 0 Å². The summed E-state index contributed by atoms with van der Waals surface area (Å²) in [6.45, 7) is 3.96. The van der Waals surface area contributed by atoms with Gasteiger partial charge in [-0.1, -0.05) is 6.08 Å². The van der Waals surface area contributed by atoms with Gasteiger partial charge >= 0.3 is 0 Å². The summed E-state index contributed by atoms with van der Waals surface area (Å²) in [7, 11) is 0. The molecule has 2 nitrogen and oxygen atoms in total. The number of carbonyl (C=O) groups excluding carboxylic acids is 1. The molecule has 1 aromatic carbocycles. The smallest absolute Gasteiger partial charge is 0.227 e. The number of hydrogen-bond acceptors (Lipinski definition) is 1. The maximum absolute atomic E-state index is 13.4. The average molecular weight is 223 g/mol. The lowest BCUT2D eigenvalue weighted by Gasteiger charge is -2.16. The van der Waals surface area contributed by atoms with Gasteiger partial charge in [0.1, 0.15) is 11.6 Å². The van der Waals surface area contributed by atoms with E-state index in [9.17, 15) is 13.6 Å². The van der Waals surface area contributed by atoms with Gasteiger partial charge in [-0.2, -0.15) is 0 Å². The van der Waals surface area contributed by atoms with Gasteiger partial charge in [-0.05, 0) is 12.1 Å². The van der Waals surface area contributed by atoms with E-state index in [1.54, 1.807) is 6.08 Å². The van der Waals surface area contributed by atoms with Crippen LogP contribution in [0.5, 0.6) is 0 Å². The highest BCUT2D eigenvalue weighted by Crippen LogP contribution is 2.28. The zero-order valence-corrected chi connectivity index (χ0v) is 8.62. The number of halogens is 2. The molecule has 1 atom stereocenters. The van der Waals surface area contributed by atoms with Crippen LogP contribution in [-0.2, 0) is 4.79 Å². The van der Waals surface area contributed by atoms with Crippen molar-refractivity contribution in [3.05, 3.63) is 42.5 Å². The summed E-state index contributed by atoms with van der Waals surface area (Å²) < 4.78 is 26.4. The predicted molar refractivity (Wildman–Crippen MR) is 57.0 cm³/mol. The molecule has 4 heteroatoms. The van der Waals surface area contributed by atoms with Crippen molar-refractivity contribution in [3.8, 4) is 0 Å². The lowest BCUT2D eigenvalue weighted by molar-refractivity contribution is -0.117. The Bertz CT molecular complexity index is 445. The van der Waals surface area contributed by atoms with Crippen LogP contribution in [0.4, 0.5) is 14.5 Å². The van der Waals surface area contributed by atoms with Crippen molar-refractivity contribution in [3.63, 3.8) is 0 Å². The molecule has 0 bridgehead atoms. The molecule has 16 heavy (non-hydrogen) atoms. The molecule has 0 radical (unpaired) electrons. The molecule has 1 unspecified atom stereocenters. The number of rotatable bonds is 2. The van der Waals surface area contributed by atoms with E-state index in [1.165, 1.54) is 4.90 Å². The highest BCUT2D eigenvalue weighted by Gasteiger charge is 2.30. The first kappa shape index (κ1) is 10.8. The van der Waals surface area contributed by atoms with Crippen LogP contribution in [0.1, 0.15) is 6.42 Å². The van der Waals surface area contributed by atoms with Crippen LogP contribution in [0, 0.1) is 17.6 Å². The first-order chi connectivity index (χ1) is 7.61. The van der Waals surface area contributed by atoms with Gasteiger partial charge in [0.2, 0.25) is 5.91 Å². The number of amides is 1. The molecule has 2 rings (SSSR count). The number of anilines is 1. The predicted octanol–water partition coefficient (Wildman–Crippen LogP) is 2.50. The lowest BCUT2D eigenvalue weighted by Crippen LogP contribution is -2.25. The van der Waals surface area contributed by atoms with E-state index >= 15 is 0 Å². The Morgan fingerprint density at radius 2 is 2.19 bits per heavy atom. The van der Waals surface area contributed by atoms with Crippen molar-refractivity contribution >= 4 is 11.6 Å². The summed E-state index contributed by atoms with van der Waals surface area (Å²) in [5.74, 6) is -1.32. The first-order valence-electron chi connectivity index (χ1n) is 5.00. The van der Waals surface area contributed by atoms with Gasteiger partial charge < -0.3 is 4.90 Å². The monoisotopic (exact) mass is 223 g/mol. The number of carbonyl (C=O) groups is 1. The van der Waals surface area contributed by atoms with Gasteiger partial charge in [-0.25, -0.2) is 8.78 Å². The topological polar surface area (TPSA) is 20.3 Å². The van der Waals surface area contributed by atoms with E-state index in [-0.39, 0.29) is 17.5 Å². The Balaban J connectivity index is 2.34.